The Labute approximate surface area is 152 Å². The molecule has 1 aliphatic carbocycles. The zero-order valence-corrected chi connectivity index (χ0v) is 15.1. The molecule has 0 saturated heterocycles. The first kappa shape index (κ1) is 16.2. The number of pyridine rings is 1. The maximum absolute atomic E-state index is 13.2. The molecule has 0 bridgehead atoms. The zero-order chi connectivity index (χ0) is 17.6. The van der Waals surface area contributed by atoms with Gasteiger partial charge in [0.25, 0.3) is 5.91 Å². The van der Waals surface area contributed by atoms with Crippen LogP contribution in [-0.2, 0) is 0 Å². The van der Waals surface area contributed by atoms with Crippen molar-refractivity contribution in [2.24, 2.45) is 0 Å². The van der Waals surface area contributed by atoms with Crippen molar-refractivity contribution in [2.45, 2.75) is 38.8 Å². The summed E-state index contributed by atoms with van der Waals surface area (Å²) in [6, 6.07) is 12.0. The Bertz CT molecular complexity index is 928. The summed E-state index contributed by atoms with van der Waals surface area (Å²) in [6.45, 7) is 4.09. The summed E-state index contributed by atoms with van der Waals surface area (Å²) in [5.74, 6) is -0.00805. The van der Waals surface area contributed by atoms with Crippen LogP contribution in [0.4, 0.5) is 0 Å². The van der Waals surface area contributed by atoms with E-state index in [1.165, 1.54) is 0 Å². The van der Waals surface area contributed by atoms with Gasteiger partial charge in [0, 0.05) is 23.5 Å². The van der Waals surface area contributed by atoms with Gasteiger partial charge in [-0.05, 0) is 62.1 Å². The van der Waals surface area contributed by atoms with Crippen LogP contribution in [-0.4, -0.2) is 26.2 Å². The highest BCUT2D eigenvalue weighted by Crippen LogP contribution is 2.35. The molecule has 25 heavy (non-hydrogen) atoms. The molecule has 4 nitrogen and oxygen atoms in total. The fourth-order valence-corrected chi connectivity index (χ4v) is 3.36. The van der Waals surface area contributed by atoms with Gasteiger partial charge in [-0.2, -0.15) is 0 Å². The predicted octanol–water partition coefficient (Wildman–Crippen LogP) is 4.66. The van der Waals surface area contributed by atoms with E-state index < -0.39 is 0 Å². The van der Waals surface area contributed by atoms with Crippen molar-refractivity contribution < 1.29 is 4.79 Å². The number of fused-ring (bicyclic) bond motifs is 1. The van der Waals surface area contributed by atoms with E-state index in [1.54, 1.807) is 0 Å². The normalized spacial score (nSPS) is 15.3. The second kappa shape index (κ2) is 6.19. The van der Waals surface area contributed by atoms with Gasteiger partial charge >= 0.3 is 0 Å². The van der Waals surface area contributed by atoms with Crippen LogP contribution in [0.1, 0.15) is 47.4 Å². The minimum Gasteiger partial charge on any atom is -0.328 e. The van der Waals surface area contributed by atoms with E-state index in [0.29, 0.717) is 16.8 Å². The van der Waals surface area contributed by atoms with Crippen molar-refractivity contribution in [3.63, 3.8) is 0 Å². The Morgan fingerprint density at radius 2 is 2.00 bits per heavy atom. The summed E-state index contributed by atoms with van der Waals surface area (Å²) < 4.78 is 1.90. The Morgan fingerprint density at radius 1 is 1.28 bits per heavy atom. The molecular formula is C20H20ClN3O. The Hall–Kier alpha value is -2.33. The molecule has 3 aromatic rings. The van der Waals surface area contributed by atoms with E-state index in [9.17, 15) is 4.79 Å². The number of hydrogen-bond donors (Lipinski definition) is 0. The number of hydrogen-bond acceptors (Lipinski definition) is 2. The van der Waals surface area contributed by atoms with Crippen LogP contribution in [0, 0.1) is 6.92 Å². The highest BCUT2D eigenvalue weighted by atomic mass is 35.5. The third-order valence-electron chi connectivity index (χ3n) is 4.78. The van der Waals surface area contributed by atoms with Gasteiger partial charge in [-0.25, -0.2) is 4.98 Å². The van der Waals surface area contributed by atoms with Crippen LogP contribution >= 0.6 is 11.6 Å². The molecule has 0 spiro atoms. The molecule has 0 N–H and O–H groups in total. The molecule has 1 aromatic carbocycles. The molecule has 1 amide bonds. The summed E-state index contributed by atoms with van der Waals surface area (Å²) in [5, 5.41) is 0.705. The smallest absolute Gasteiger partial charge is 0.274 e. The van der Waals surface area contributed by atoms with Crippen molar-refractivity contribution in [3.8, 4) is 0 Å². The summed E-state index contributed by atoms with van der Waals surface area (Å²) in [7, 11) is 0. The van der Waals surface area contributed by atoms with Crippen LogP contribution in [0.25, 0.3) is 5.65 Å². The van der Waals surface area contributed by atoms with Gasteiger partial charge in [-0.3, -0.25) is 4.79 Å². The molecule has 2 aromatic heterocycles. The average molecular weight is 354 g/mol. The zero-order valence-electron chi connectivity index (χ0n) is 14.3. The summed E-state index contributed by atoms with van der Waals surface area (Å²) in [6.07, 6.45) is 5.87. The molecule has 0 radical (unpaired) electrons. The second-order valence-corrected chi connectivity index (χ2v) is 7.20. The average Bonchev–Trinajstić information content (AvgIpc) is 3.33. The van der Waals surface area contributed by atoms with Crippen molar-refractivity contribution in [1.82, 2.24) is 14.3 Å². The topological polar surface area (TPSA) is 37.6 Å². The third-order valence-corrected chi connectivity index (χ3v) is 5.03. The van der Waals surface area contributed by atoms with Crippen molar-refractivity contribution in [3.05, 3.63) is 70.6 Å². The van der Waals surface area contributed by atoms with E-state index in [4.69, 9.17) is 11.6 Å². The molecule has 1 aliphatic rings. The molecule has 0 aliphatic heterocycles. The standard InChI is InChI=1S/C20H20ClN3O/c1-13-9-10-23-12-18(22-19(23)11-13)20(25)24(17-7-8-17)14(2)15-3-5-16(21)6-4-15/h3-6,9-12,14,17H,7-8H2,1-2H3/t14-/m1/s1. The van der Waals surface area contributed by atoms with Crippen LogP contribution in [0.15, 0.2) is 48.8 Å². The van der Waals surface area contributed by atoms with E-state index in [-0.39, 0.29) is 11.9 Å². The Balaban J connectivity index is 1.67. The lowest BCUT2D eigenvalue weighted by Crippen LogP contribution is -2.35. The summed E-state index contributed by atoms with van der Waals surface area (Å²) in [5.41, 5.74) is 3.52. The van der Waals surface area contributed by atoms with E-state index >= 15 is 0 Å². The number of halogens is 1. The molecular weight excluding hydrogens is 334 g/mol. The number of aryl methyl sites for hydroxylation is 1. The first-order chi connectivity index (χ1) is 12.0. The first-order valence-electron chi connectivity index (χ1n) is 8.56. The number of nitrogens with zero attached hydrogens (tertiary/aromatic N) is 3. The number of amides is 1. The van der Waals surface area contributed by atoms with Crippen molar-refractivity contribution in [2.75, 3.05) is 0 Å². The van der Waals surface area contributed by atoms with Crippen molar-refractivity contribution >= 4 is 23.2 Å². The number of imidazole rings is 1. The third kappa shape index (κ3) is 3.14. The predicted molar refractivity (Wildman–Crippen MR) is 99.0 cm³/mol. The molecule has 1 atom stereocenters. The molecule has 0 unspecified atom stereocenters. The van der Waals surface area contributed by atoms with Crippen LogP contribution in [0.2, 0.25) is 5.02 Å². The minimum atomic E-state index is -0.0104. The second-order valence-electron chi connectivity index (χ2n) is 6.77. The monoisotopic (exact) mass is 353 g/mol. The van der Waals surface area contributed by atoms with Gasteiger partial charge in [-0.15, -0.1) is 0 Å². The largest absolute Gasteiger partial charge is 0.328 e. The van der Waals surface area contributed by atoms with Gasteiger partial charge in [0.1, 0.15) is 11.3 Å². The molecule has 1 fully saturated rings. The quantitative estimate of drug-likeness (QED) is 0.684. The number of aromatic nitrogens is 2. The van der Waals surface area contributed by atoms with Gasteiger partial charge in [0.05, 0.1) is 6.04 Å². The van der Waals surface area contributed by atoms with Crippen LogP contribution in [0.5, 0.6) is 0 Å². The van der Waals surface area contributed by atoms with Gasteiger partial charge in [0.15, 0.2) is 0 Å². The van der Waals surface area contributed by atoms with Crippen LogP contribution in [0.3, 0.4) is 0 Å². The lowest BCUT2D eigenvalue weighted by molar-refractivity contribution is 0.0668. The molecule has 128 valence electrons. The maximum atomic E-state index is 13.2. The highest BCUT2D eigenvalue weighted by Gasteiger charge is 2.37. The van der Waals surface area contributed by atoms with E-state index in [0.717, 1.165) is 29.6 Å². The van der Waals surface area contributed by atoms with Crippen LogP contribution < -0.4 is 0 Å². The maximum Gasteiger partial charge on any atom is 0.274 e. The number of carbonyl (C=O) groups is 1. The van der Waals surface area contributed by atoms with E-state index in [1.807, 2.05) is 65.0 Å². The Kier molecular flexibility index (Phi) is 4.00. The van der Waals surface area contributed by atoms with Gasteiger partial charge < -0.3 is 9.30 Å². The lowest BCUT2D eigenvalue weighted by Gasteiger charge is -2.29. The minimum absolute atomic E-state index is 0.00805. The number of benzene rings is 1. The highest BCUT2D eigenvalue weighted by molar-refractivity contribution is 6.30. The summed E-state index contributed by atoms with van der Waals surface area (Å²) >= 11 is 5.99. The number of rotatable bonds is 4. The first-order valence-corrected chi connectivity index (χ1v) is 8.94. The fraction of sp³-hybridized carbons (Fsp3) is 0.300. The summed E-state index contributed by atoms with van der Waals surface area (Å²) in [4.78, 5) is 19.7. The van der Waals surface area contributed by atoms with Gasteiger partial charge in [0.2, 0.25) is 0 Å². The SMILES string of the molecule is Cc1ccn2cc(C(=O)N(C3CC3)[C@H](C)c3ccc(Cl)cc3)nc2c1. The fourth-order valence-electron chi connectivity index (χ4n) is 3.23. The molecule has 5 heteroatoms. The lowest BCUT2D eigenvalue weighted by atomic mass is 10.1. The van der Waals surface area contributed by atoms with Gasteiger partial charge in [-0.1, -0.05) is 23.7 Å². The molecule has 2 heterocycles. The van der Waals surface area contributed by atoms with Crippen molar-refractivity contribution in [1.29, 1.82) is 0 Å². The van der Waals surface area contributed by atoms with E-state index in [2.05, 4.69) is 11.9 Å². The Morgan fingerprint density at radius 3 is 2.68 bits per heavy atom. The number of carbonyl (C=O) groups excluding carboxylic acids is 1. The molecule has 1 saturated carbocycles. The molecule has 4 rings (SSSR count).